The van der Waals surface area contributed by atoms with Crippen molar-refractivity contribution in [3.8, 4) is 0 Å². The first-order valence-corrected chi connectivity index (χ1v) is 6.73. The molecule has 1 nitrogen and oxygen atoms in total. The van der Waals surface area contributed by atoms with Gasteiger partial charge in [-0.05, 0) is 49.5 Å². The number of hydrogen-bond acceptors (Lipinski definition) is 1. The summed E-state index contributed by atoms with van der Waals surface area (Å²) < 4.78 is 0. The quantitative estimate of drug-likeness (QED) is 0.745. The molecule has 15 heavy (non-hydrogen) atoms. The maximum Gasteiger partial charge on any atom is 0.00951 e. The van der Waals surface area contributed by atoms with Crippen LogP contribution in [0, 0.1) is 17.3 Å². The Labute approximate surface area is 96.0 Å². The Morgan fingerprint density at radius 1 is 1.33 bits per heavy atom. The summed E-state index contributed by atoms with van der Waals surface area (Å²) in [6.45, 7) is 13.0. The van der Waals surface area contributed by atoms with Gasteiger partial charge in [0, 0.05) is 6.04 Å². The highest BCUT2D eigenvalue weighted by Gasteiger charge is 2.35. The molecule has 1 aliphatic carbocycles. The second kappa shape index (κ2) is 5.34. The molecule has 3 unspecified atom stereocenters. The average molecular weight is 211 g/mol. The first kappa shape index (κ1) is 13.0. The van der Waals surface area contributed by atoms with Gasteiger partial charge in [0.1, 0.15) is 0 Å². The normalized spacial score (nSPS) is 32.6. The Hall–Kier alpha value is -0.0400. The van der Waals surface area contributed by atoms with Crippen molar-refractivity contribution in [2.45, 2.75) is 66.3 Å². The van der Waals surface area contributed by atoms with Gasteiger partial charge in [0.05, 0.1) is 0 Å². The van der Waals surface area contributed by atoms with Crippen LogP contribution in [0.4, 0.5) is 0 Å². The van der Waals surface area contributed by atoms with Gasteiger partial charge in [0.25, 0.3) is 0 Å². The summed E-state index contributed by atoms with van der Waals surface area (Å²) in [6, 6.07) is 0.751. The lowest BCUT2D eigenvalue weighted by Gasteiger charge is -2.42. The lowest BCUT2D eigenvalue weighted by molar-refractivity contribution is 0.100. The molecule has 1 aliphatic rings. The molecule has 1 heteroatoms. The summed E-state index contributed by atoms with van der Waals surface area (Å²) in [5.74, 6) is 1.79. The predicted octanol–water partition coefficient (Wildman–Crippen LogP) is 3.84. The van der Waals surface area contributed by atoms with Gasteiger partial charge < -0.3 is 5.32 Å². The van der Waals surface area contributed by atoms with Crippen molar-refractivity contribution >= 4 is 0 Å². The van der Waals surface area contributed by atoms with Crippen LogP contribution in [0.15, 0.2) is 0 Å². The van der Waals surface area contributed by atoms with E-state index < -0.39 is 0 Å². The summed E-state index contributed by atoms with van der Waals surface area (Å²) in [5, 5.41) is 3.66. The van der Waals surface area contributed by atoms with Crippen molar-refractivity contribution in [1.29, 1.82) is 0 Å². The minimum atomic E-state index is 0.584. The molecular weight excluding hydrogens is 182 g/mol. The molecule has 1 N–H and O–H groups in total. The van der Waals surface area contributed by atoms with Crippen molar-refractivity contribution in [3.63, 3.8) is 0 Å². The fourth-order valence-corrected chi connectivity index (χ4v) is 3.43. The van der Waals surface area contributed by atoms with E-state index in [4.69, 9.17) is 0 Å². The summed E-state index contributed by atoms with van der Waals surface area (Å²) in [5.41, 5.74) is 0.584. The molecule has 1 rings (SSSR count). The van der Waals surface area contributed by atoms with Crippen LogP contribution in [0.3, 0.4) is 0 Å². The van der Waals surface area contributed by atoms with Crippen molar-refractivity contribution in [2.75, 3.05) is 6.54 Å². The minimum Gasteiger partial charge on any atom is -0.314 e. The number of hydrogen-bond donors (Lipinski definition) is 1. The van der Waals surface area contributed by atoms with Gasteiger partial charge in [-0.1, -0.05) is 34.6 Å². The van der Waals surface area contributed by atoms with Crippen LogP contribution < -0.4 is 5.32 Å². The Balaban J connectivity index is 2.55. The van der Waals surface area contributed by atoms with Crippen LogP contribution in [0.5, 0.6) is 0 Å². The highest BCUT2D eigenvalue weighted by molar-refractivity contribution is 4.88. The molecule has 3 atom stereocenters. The van der Waals surface area contributed by atoms with Crippen LogP contribution in [-0.4, -0.2) is 12.6 Å². The molecule has 0 aliphatic heterocycles. The zero-order valence-corrected chi connectivity index (χ0v) is 11.3. The standard InChI is InChI=1S/C14H29N/c1-6-13(15-7-2)12-8-9-14(4,5)10-11(12)3/h11-13,15H,6-10H2,1-5H3. The van der Waals surface area contributed by atoms with Gasteiger partial charge in [0.2, 0.25) is 0 Å². The fraction of sp³-hybridized carbons (Fsp3) is 1.00. The van der Waals surface area contributed by atoms with E-state index in [9.17, 15) is 0 Å². The molecule has 0 aromatic carbocycles. The lowest BCUT2D eigenvalue weighted by Crippen LogP contribution is -2.42. The van der Waals surface area contributed by atoms with Crippen LogP contribution in [0.2, 0.25) is 0 Å². The van der Waals surface area contributed by atoms with Gasteiger partial charge in [-0.15, -0.1) is 0 Å². The van der Waals surface area contributed by atoms with Gasteiger partial charge in [-0.2, -0.15) is 0 Å². The molecule has 0 bridgehead atoms. The van der Waals surface area contributed by atoms with E-state index in [1.165, 1.54) is 25.7 Å². The summed E-state index contributed by atoms with van der Waals surface area (Å²) in [4.78, 5) is 0. The topological polar surface area (TPSA) is 12.0 Å². The molecule has 0 amide bonds. The van der Waals surface area contributed by atoms with E-state index in [0.29, 0.717) is 5.41 Å². The molecule has 0 aromatic heterocycles. The fourth-order valence-electron chi connectivity index (χ4n) is 3.43. The lowest BCUT2D eigenvalue weighted by atomic mass is 9.65. The molecule has 0 radical (unpaired) electrons. The zero-order chi connectivity index (χ0) is 11.5. The predicted molar refractivity (Wildman–Crippen MR) is 68.0 cm³/mol. The van der Waals surface area contributed by atoms with E-state index >= 15 is 0 Å². The minimum absolute atomic E-state index is 0.584. The van der Waals surface area contributed by atoms with Crippen LogP contribution >= 0.6 is 0 Å². The second-order valence-electron chi connectivity index (χ2n) is 6.12. The van der Waals surface area contributed by atoms with E-state index in [0.717, 1.165) is 24.4 Å². The average Bonchev–Trinajstić information content (AvgIpc) is 2.14. The van der Waals surface area contributed by atoms with Crippen LogP contribution in [0.1, 0.15) is 60.3 Å². The van der Waals surface area contributed by atoms with E-state index in [2.05, 4.69) is 39.9 Å². The van der Waals surface area contributed by atoms with Crippen molar-refractivity contribution in [3.05, 3.63) is 0 Å². The first-order chi connectivity index (χ1) is 7.00. The third kappa shape index (κ3) is 3.48. The summed E-state index contributed by atoms with van der Waals surface area (Å²) >= 11 is 0. The van der Waals surface area contributed by atoms with Crippen molar-refractivity contribution in [2.24, 2.45) is 17.3 Å². The Bertz CT molecular complexity index is 186. The van der Waals surface area contributed by atoms with Crippen LogP contribution in [-0.2, 0) is 0 Å². The maximum atomic E-state index is 3.66. The third-order valence-corrected chi connectivity index (χ3v) is 4.18. The molecule has 1 saturated carbocycles. The Kier molecular flexibility index (Phi) is 4.64. The summed E-state index contributed by atoms with van der Waals surface area (Å²) in [6.07, 6.45) is 5.51. The smallest absolute Gasteiger partial charge is 0.00951 e. The van der Waals surface area contributed by atoms with E-state index in [-0.39, 0.29) is 0 Å². The molecule has 0 heterocycles. The maximum absolute atomic E-state index is 3.66. The molecule has 0 saturated heterocycles. The van der Waals surface area contributed by atoms with E-state index in [1.54, 1.807) is 0 Å². The van der Waals surface area contributed by atoms with Gasteiger partial charge in [0.15, 0.2) is 0 Å². The van der Waals surface area contributed by atoms with Crippen molar-refractivity contribution < 1.29 is 0 Å². The second-order valence-corrected chi connectivity index (χ2v) is 6.12. The highest BCUT2D eigenvalue weighted by Crippen LogP contribution is 2.43. The molecule has 90 valence electrons. The first-order valence-electron chi connectivity index (χ1n) is 6.73. The highest BCUT2D eigenvalue weighted by atomic mass is 14.9. The Morgan fingerprint density at radius 3 is 2.47 bits per heavy atom. The third-order valence-electron chi connectivity index (χ3n) is 4.18. The zero-order valence-electron chi connectivity index (χ0n) is 11.3. The van der Waals surface area contributed by atoms with Crippen molar-refractivity contribution in [1.82, 2.24) is 5.32 Å². The summed E-state index contributed by atoms with van der Waals surface area (Å²) in [7, 11) is 0. The molecular formula is C14H29N. The SMILES string of the molecule is CCNC(CC)C1CCC(C)(C)CC1C. The van der Waals surface area contributed by atoms with Crippen LogP contribution in [0.25, 0.3) is 0 Å². The number of nitrogens with one attached hydrogen (secondary N) is 1. The van der Waals surface area contributed by atoms with Gasteiger partial charge >= 0.3 is 0 Å². The van der Waals surface area contributed by atoms with Gasteiger partial charge in [-0.25, -0.2) is 0 Å². The molecule has 1 fully saturated rings. The monoisotopic (exact) mass is 211 g/mol. The van der Waals surface area contributed by atoms with E-state index in [1.807, 2.05) is 0 Å². The Morgan fingerprint density at radius 2 is 2.00 bits per heavy atom. The molecule has 0 aromatic rings. The molecule has 0 spiro atoms. The van der Waals surface area contributed by atoms with Gasteiger partial charge in [-0.3, -0.25) is 0 Å². The largest absolute Gasteiger partial charge is 0.314 e. The number of rotatable bonds is 4.